The molecule has 0 radical (unpaired) electrons. The second kappa shape index (κ2) is 6.13. The lowest BCUT2D eigenvalue weighted by Crippen LogP contribution is -2.25. The van der Waals surface area contributed by atoms with Crippen molar-refractivity contribution in [1.29, 1.82) is 0 Å². The van der Waals surface area contributed by atoms with Gasteiger partial charge in [-0.05, 0) is 12.1 Å². The summed E-state index contributed by atoms with van der Waals surface area (Å²) in [6.45, 7) is 2.39. The van der Waals surface area contributed by atoms with Crippen LogP contribution >= 0.6 is 0 Å². The van der Waals surface area contributed by atoms with Crippen LogP contribution in [0.2, 0.25) is 0 Å². The molecule has 0 saturated heterocycles. The molecule has 1 aromatic carbocycles. The molecule has 0 aromatic heterocycles. The molecule has 0 bridgehead atoms. The van der Waals surface area contributed by atoms with Crippen LogP contribution in [0.1, 0.15) is 18.9 Å². The van der Waals surface area contributed by atoms with E-state index in [4.69, 9.17) is 9.47 Å². The molecule has 0 unspecified atom stereocenters. The minimum Gasteiger partial charge on any atom is -0.497 e. The van der Waals surface area contributed by atoms with Crippen LogP contribution in [0.5, 0.6) is 11.5 Å². The Morgan fingerprint density at radius 1 is 1.29 bits per heavy atom. The van der Waals surface area contributed by atoms with E-state index in [1.54, 1.807) is 26.2 Å². The molecule has 4 nitrogen and oxygen atoms in total. The number of carbonyl (C=O) groups excluding carboxylic acids is 1. The SMILES string of the molecule is CCC(=O)N(C)Cc1ccc(OC)cc1OC. The molecule has 0 aliphatic rings. The predicted octanol–water partition coefficient (Wildman–Crippen LogP) is 2.07. The summed E-state index contributed by atoms with van der Waals surface area (Å²) in [6.07, 6.45) is 0.509. The monoisotopic (exact) mass is 237 g/mol. The maximum atomic E-state index is 11.5. The number of rotatable bonds is 5. The van der Waals surface area contributed by atoms with Crippen LogP contribution in [-0.2, 0) is 11.3 Å². The van der Waals surface area contributed by atoms with Crippen LogP contribution in [0, 0.1) is 0 Å². The number of nitrogens with zero attached hydrogens (tertiary/aromatic N) is 1. The van der Waals surface area contributed by atoms with Gasteiger partial charge in [0.15, 0.2) is 0 Å². The molecule has 0 saturated carbocycles. The number of methoxy groups -OCH3 is 2. The second-order valence-electron chi connectivity index (χ2n) is 3.78. The zero-order chi connectivity index (χ0) is 12.8. The first kappa shape index (κ1) is 13.4. The third kappa shape index (κ3) is 3.37. The van der Waals surface area contributed by atoms with Crippen molar-refractivity contribution >= 4 is 5.91 Å². The van der Waals surface area contributed by atoms with Crippen molar-refractivity contribution in [2.45, 2.75) is 19.9 Å². The van der Waals surface area contributed by atoms with Crippen molar-refractivity contribution < 1.29 is 14.3 Å². The molecule has 0 aliphatic heterocycles. The van der Waals surface area contributed by atoms with E-state index in [0.29, 0.717) is 13.0 Å². The maximum absolute atomic E-state index is 11.5. The third-order valence-corrected chi connectivity index (χ3v) is 2.63. The number of ether oxygens (including phenoxy) is 2. The van der Waals surface area contributed by atoms with Gasteiger partial charge in [0.25, 0.3) is 0 Å². The Kier molecular flexibility index (Phi) is 4.82. The largest absolute Gasteiger partial charge is 0.497 e. The summed E-state index contributed by atoms with van der Waals surface area (Å²) >= 11 is 0. The first-order valence-corrected chi connectivity index (χ1v) is 5.57. The lowest BCUT2D eigenvalue weighted by Gasteiger charge is -2.18. The number of hydrogen-bond donors (Lipinski definition) is 0. The van der Waals surface area contributed by atoms with Crippen LogP contribution in [0.25, 0.3) is 0 Å². The summed E-state index contributed by atoms with van der Waals surface area (Å²) in [5.41, 5.74) is 0.970. The first-order valence-electron chi connectivity index (χ1n) is 5.57. The highest BCUT2D eigenvalue weighted by Gasteiger charge is 2.11. The molecule has 0 aliphatic carbocycles. The first-order chi connectivity index (χ1) is 8.12. The molecule has 0 spiro atoms. The van der Waals surface area contributed by atoms with Gasteiger partial charge in [0.2, 0.25) is 5.91 Å². The molecule has 1 amide bonds. The van der Waals surface area contributed by atoms with Crippen LogP contribution in [-0.4, -0.2) is 32.1 Å². The van der Waals surface area contributed by atoms with Crippen molar-refractivity contribution in [1.82, 2.24) is 4.90 Å². The Balaban J connectivity index is 2.87. The summed E-state index contributed by atoms with van der Waals surface area (Å²) in [6, 6.07) is 5.60. The lowest BCUT2D eigenvalue weighted by molar-refractivity contribution is -0.130. The Bertz CT molecular complexity index is 390. The van der Waals surface area contributed by atoms with Gasteiger partial charge in [-0.25, -0.2) is 0 Å². The van der Waals surface area contributed by atoms with Crippen molar-refractivity contribution in [2.24, 2.45) is 0 Å². The summed E-state index contributed by atoms with van der Waals surface area (Å²) in [7, 11) is 5.01. The minimum absolute atomic E-state index is 0.114. The molecule has 0 N–H and O–H groups in total. The van der Waals surface area contributed by atoms with Gasteiger partial charge in [-0.1, -0.05) is 6.92 Å². The summed E-state index contributed by atoms with van der Waals surface area (Å²) in [5, 5.41) is 0. The lowest BCUT2D eigenvalue weighted by atomic mass is 10.1. The van der Waals surface area contributed by atoms with E-state index in [0.717, 1.165) is 17.1 Å². The molecule has 0 atom stereocenters. The standard InChI is InChI=1S/C13H19NO3/c1-5-13(15)14(2)9-10-6-7-11(16-3)8-12(10)17-4/h6-8H,5,9H2,1-4H3. The van der Waals surface area contributed by atoms with Gasteiger partial charge in [-0.15, -0.1) is 0 Å². The third-order valence-electron chi connectivity index (χ3n) is 2.63. The fraction of sp³-hybridized carbons (Fsp3) is 0.462. The van der Waals surface area contributed by atoms with Gasteiger partial charge in [0.05, 0.1) is 14.2 Å². The van der Waals surface area contributed by atoms with E-state index in [1.807, 2.05) is 25.1 Å². The van der Waals surface area contributed by atoms with Crippen LogP contribution < -0.4 is 9.47 Å². The number of benzene rings is 1. The van der Waals surface area contributed by atoms with E-state index >= 15 is 0 Å². The highest BCUT2D eigenvalue weighted by molar-refractivity contribution is 5.75. The van der Waals surface area contributed by atoms with Gasteiger partial charge in [-0.3, -0.25) is 4.79 Å². The molecular formula is C13H19NO3. The molecular weight excluding hydrogens is 218 g/mol. The zero-order valence-corrected chi connectivity index (χ0v) is 10.8. The van der Waals surface area contributed by atoms with Crippen molar-refractivity contribution in [2.75, 3.05) is 21.3 Å². The average molecular weight is 237 g/mol. The molecule has 94 valence electrons. The van der Waals surface area contributed by atoms with Crippen molar-refractivity contribution in [3.8, 4) is 11.5 Å². The van der Waals surface area contributed by atoms with Crippen molar-refractivity contribution in [3.05, 3.63) is 23.8 Å². The Morgan fingerprint density at radius 3 is 2.53 bits per heavy atom. The van der Waals surface area contributed by atoms with E-state index in [9.17, 15) is 4.79 Å². The maximum Gasteiger partial charge on any atom is 0.222 e. The molecule has 4 heteroatoms. The average Bonchev–Trinajstić information content (AvgIpc) is 2.37. The van der Waals surface area contributed by atoms with E-state index < -0.39 is 0 Å². The van der Waals surface area contributed by atoms with E-state index in [1.165, 1.54) is 0 Å². The van der Waals surface area contributed by atoms with E-state index in [-0.39, 0.29) is 5.91 Å². The van der Waals surface area contributed by atoms with Crippen molar-refractivity contribution in [3.63, 3.8) is 0 Å². The summed E-state index contributed by atoms with van der Waals surface area (Å²) < 4.78 is 10.4. The molecule has 1 aromatic rings. The topological polar surface area (TPSA) is 38.8 Å². The zero-order valence-electron chi connectivity index (χ0n) is 10.8. The number of amides is 1. The van der Waals surface area contributed by atoms with Crippen LogP contribution in [0.4, 0.5) is 0 Å². The highest BCUT2D eigenvalue weighted by Crippen LogP contribution is 2.25. The Labute approximate surface area is 102 Å². The number of carbonyl (C=O) groups is 1. The summed E-state index contributed by atoms with van der Waals surface area (Å²) in [4.78, 5) is 13.2. The van der Waals surface area contributed by atoms with Gasteiger partial charge in [0.1, 0.15) is 11.5 Å². The minimum atomic E-state index is 0.114. The summed E-state index contributed by atoms with van der Waals surface area (Å²) in [5.74, 6) is 1.60. The number of hydrogen-bond acceptors (Lipinski definition) is 3. The van der Waals surface area contributed by atoms with Gasteiger partial charge < -0.3 is 14.4 Å². The molecule has 0 fully saturated rings. The van der Waals surface area contributed by atoms with Gasteiger partial charge in [0, 0.05) is 31.6 Å². The molecule has 0 heterocycles. The molecule has 17 heavy (non-hydrogen) atoms. The Morgan fingerprint density at radius 2 is 2.00 bits per heavy atom. The molecule has 1 rings (SSSR count). The highest BCUT2D eigenvalue weighted by atomic mass is 16.5. The van der Waals surface area contributed by atoms with Crippen LogP contribution in [0.15, 0.2) is 18.2 Å². The predicted molar refractivity (Wildman–Crippen MR) is 66.3 cm³/mol. The van der Waals surface area contributed by atoms with Gasteiger partial charge >= 0.3 is 0 Å². The Hall–Kier alpha value is -1.71. The fourth-order valence-corrected chi connectivity index (χ4v) is 1.60. The van der Waals surface area contributed by atoms with E-state index in [2.05, 4.69) is 0 Å². The van der Waals surface area contributed by atoms with Gasteiger partial charge in [-0.2, -0.15) is 0 Å². The second-order valence-corrected chi connectivity index (χ2v) is 3.78. The smallest absolute Gasteiger partial charge is 0.222 e. The normalized spacial score (nSPS) is 9.88. The quantitative estimate of drug-likeness (QED) is 0.787. The van der Waals surface area contributed by atoms with Crippen LogP contribution in [0.3, 0.4) is 0 Å². The fourth-order valence-electron chi connectivity index (χ4n) is 1.60.